The molecular weight excluding hydrogens is 479 g/mol. The lowest BCUT2D eigenvalue weighted by Crippen LogP contribution is -2.32. The largest absolute Gasteiger partial charge is 0.494 e. The fraction of sp³-hybridized carbons (Fsp3) is 0.192. The van der Waals surface area contributed by atoms with Crippen molar-refractivity contribution in [2.45, 2.75) is 13.3 Å². The average molecular weight is 503 g/mol. The number of aryl methyl sites for hydroxylation is 1. The Bertz CT molecular complexity index is 1510. The molecule has 0 spiro atoms. The number of nitrogens with zero attached hydrogens (tertiary/aromatic N) is 5. The Morgan fingerprint density at radius 1 is 1.16 bits per heavy atom. The standard InChI is InChI=1S/C26H23FN6O4/c1-16-19(25(34)32(12-4-11-28)17-5-8-20(27)22(13-17)36-2)7-9-21-24(16)30-15-33(21)18-6-10-23(29-14-18)31-26(35)37-3/h5-10,13-15H,4,12H2,1-3H3,(H,29,31,35). The van der Waals surface area contributed by atoms with Crippen LogP contribution in [0.25, 0.3) is 16.7 Å². The maximum Gasteiger partial charge on any atom is 0.412 e. The van der Waals surface area contributed by atoms with Gasteiger partial charge in [0.05, 0.1) is 49.6 Å². The number of pyridine rings is 1. The van der Waals surface area contributed by atoms with Crippen LogP contribution in [0.2, 0.25) is 0 Å². The van der Waals surface area contributed by atoms with Gasteiger partial charge >= 0.3 is 6.09 Å². The highest BCUT2D eigenvalue weighted by atomic mass is 19.1. The molecule has 0 fully saturated rings. The fourth-order valence-electron chi connectivity index (χ4n) is 3.89. The summed E-state index contributed by atoms with van der Waals surface area (Å²) >= 11 is 0. The number of imidazole rings is 1. The van der Waals surface area contributed by atoms with E-state index in [0.717, 1.165) is 5.52 Å². The number of rotatable bonds is 7. The summed E-state index contributed by atoms with van der Waals surface area (Å²) in [6.07, 6.45) is 2.67. The minimum Gasteiger partial charge on any atom is -0.494 e. The average Bonchev–Trinajstić information content (AvgIpc) is 3.35. The van der Waals surface area contributed by atoms with Gasteiger partial charge in [0.15, 0.2) is 11.6 Å². The van der Waals surface area contributed by atoms with Gasteiger partial charge in [0.25, 0.3) is 5.91 Å². The number of hydrogen-bond donors (Lipinski definition) is 1. The van der Waals surface area contributed by atoms with Gasteiger partial charge in [0.2, 0.25) is 0 Å². The molecule has 1 N–H and O–H groups in total. The number of anilines is 2. The van der Waals surface area contributed by atoms with Crippen LogP contribution in [0.5, 0.6) is 5.75 Å². The zero-order valence-electron chi connectivity index (χ0n) is 20.4. The van der Waals surface area contributed by atoms with E-state index in [2.05, 4.69) is 20.0 Å². The van der Waals surface area contributed by atoms with Crippen molar-refractivity contribution in [2.24, 2.45) is 0 Å². The number of amides is 2. The molecular formula is C26H23FN6O4. The third kappa shape index (κ3) is 5.04. The number of halogens is 1. The first-order valence-electron chi connectivity index (χ1n) is 11.2. The molecule has 11 heteroatoms. The first-order chi connectivity index (χ1) is 17.9. The number of benzene rings is 2. The van der Waals surface area contributed by atoms with Gasteiger partial charge in [-0.05, 0) is 48.9 Å². The molecule has 2 aromatic carbocycles. The number of ether oxygens (including phenoxy) is 2. The molecule has 2 heterocycles. The zero-order valence-corrected chi connectivity index (χ0v) is 20.4. The van der Waals surface area contributed by atoms with Crippen molar-refractivity contribution in [1.29, 1.82) is 5.26 Å². The van der Waals surface area contributed by atoms with Crippen molar-refractivity contribution < 1.29 is 23.5 Å². The Labute approximate surface area is 211 Å². The van der Waals surface area contributed by atoms with Crippen LogP contribution >= 0.6 is 0 Å². The molecule has 0 atom stereocenters. The molecule has 0 aliphatic carbocycles. The van der Waals surface area contributed by atoms with E-state index < -0.39 is 11.9 Å². The smallest absolute Gasteiger partial charge is 0.412 e. The molecule has 4 rings (SSSR count). The molecule has 2 aromatic heterocycles. The van der Waals surface area contributed by atoms with Gasteiger partial charge < -0.3 is 14.4 Å². The lowest BCUT2D eigenvalue weighted by atomic mass is 10.0. The lowest BCUT2D eigenvalue weighted by molar-refractivity contribution is 0.0987. The first-order valence-corrected chi connectivity index (χ1v) is 11.2. The first kappa shape index (κ1) is 25.1. The second-order valence-electron chi connectivity index (χ2n) is 7.92. The SMILES string of the molecule is COC(=O)Nc1ccc(-n2cnc3c(C)c(C(=O)N(CCC#N)c4ccc(F)c(OC)c4)ccc32)cn1. The molecule has 0 radical (unpaired) electrons. The van der Waals surface area contributed by atoms with E-state index >= 15 is 0 Å². The van der Waals surface area contributed by atoms with Crippen LogP contribution in [0.4, 0.5) is 20.7 Å². The van der Waals surface area contributed by atoms with Gasteiger partial charge in [-0.1, -0.05) is 0 Å². The molecule has 188 valence electrons. The van der Waals surface area contributed by atoms with Crippen LogP contribution < -0.4 is 15.0 Å². The van der Waals surface area contributed by atoms with Gasteiger partial charge in [-0.25, -0.2) is 19.2 Å². The van der Waals surface area contributed by atoms with E-state index in [1.807, 2.05) is 10.6 Å². The number of fused-ring (bicyclic) bond motifs is 1. The van der Waals surface area contributed by atoms with Gasteiger partial charge in [-0.2, -0.15) is 5.26 Å². The van der Waals surface area contributed by atoms with Crippen molar-refractivity contribution in [3.05, 3.63) is 71.9 Å². The van der Waals surface area contributed by atoms with Crippen molar-refractivity contribution in [2.75, 3.05) is 31.0 Å². The van der Waals surface area contributed by atoms with E-state index in [0.29, 0.717) is 33.8 Å². The van der Waals surface area contributed by atoms with Crippen LogP contribution in [-0.2, 0) is 4.74 Å². The Hall–Kier alpha value is -4.98. The highest BCUT2D eigenvalue weighted by Gasteiger charge is 2.23. The Morgan fingerprint density at radius 2 is 1.97 bits per heavy atom. The van der Waals surface area contributed by atoms with Gasteiger partial charge in [-0.15, -0.1) is 0 Å². The van der Waals surface area contributed by atoms with E-state index in [1.54, 1.807) is 43.7 Å². The number of nitrogens with one attached hydrogen (secondary N) is 1. The minimum atomic E-state index is -0.621. The summed E-state index contributed by atoms with van der Waals surface area (Å²) in [5.74, 6) is -0.568. The second kappa shape index (κ2) is 10.7. The third-order valence-corrected chi connectivity index (χ3v) is 5.78. The zero-order chi connectivity index (χ0) is 26.5. The highest BCUT2D eigenvalue weighted by Crippen LogP contribution is 2.29. The number of methoxy groups -OCH3 is 2. The van der Waals surface area contributed by atoms with Crippen LogP contribution in [0.3, 0.4) is 0 Å². The predicted molar refractivity (Wildman–Crippen MR) is 134 cm³/mol. The Morgan fingerprint density at radius 3 is 2.65 bits per heavy atom. The van der Waals surface area contributed by atoms with Crippen LogP contribution in [0.1, 0.15) is 22.3 Å². The number of carbonyl (C=O) groups excluding carboxylic acids is 2. The van der Waals surface area contributed by atoms with Crippen LogP contribution in [-0.4, -0.2) is 47.3 Å². The summed E-state index contributed by atoms with van der Waals surface area (Å²) in [5.41, 5.74) is 3.51. The van der Waals surface area contributed by atoms with Gasteiger partial charge in [0.1, 0.15) is 12.1 Å². The molecule has 0 aliphatic heterocycles. The van der Waals surface area contributed by atoms with Crippen molar-refractivity contribution in [3.63, 3.8) is 0 Å². The summed E-state index contributed by atoms with van der Waals surface area (Å²) in [4.78, 5) is 35.1. The quantitative estimate of drug-likeness (QED) is 0.391. The fourth-order valence-corrected chi connectivity index (χ4v) is 3.89. The summed E-state index contributed by atoms with van der Waals surface area (Å²) in [7, 11) is 2.61. The van der Waals surface area contributed by atoms with Gasteiger partial charge in [-0.3, -0.25) is 14.7 Å². The van der Waals surface area contributed by atoms with E-state index in [1.165, 1.54) is 37.3 Å². The molecule has 10 nitrogen and oxygen atoms in total. The molecule has 0 unspecified atom stereocenters. The van der Waals surface area contributed by atoms with Crippen molar-refractivity contribution >= 4 is 34.5 Å². The van der Waals surface area contributed by atoms with Crippen LogP contribution in [0, 0.1) is 24.1 Å². The molecule has 0 aliphatic rings. The molecule has 4 aromatic rings. The monoisotopic (exact) mass is 502 g/mol. The normalized spacial score (nSPS) is 10.6. The van der Waals surface area contributed by atoms with Gasteiger partial charge in [0, 0.05) is 23.9 Å². The van der Waals surface area contributed by atoms with E-state index in [9.17, 15) is 14.0 Å². The Kier molecular flexibility index (Phi) is 7.29. The third-order valence-electron chi connectivity index (χ3n) is 5.78. The number of carbonyl (C=O) groups is 2. The van der Waals surface area contributed by atoms with Crippen LogP contribution in [0.15, 0.2) is 55.0 Å². The highest BCUT2D eigenvalue weighted by molar-refractivity contribution is 6.09. The Balaban J connectivity index is 1.69. The van der Waals surface area contributed by atoms with E-state index in [-0.39, 0.29) is 24.6 Å². The summed E-state index contributed by atoms with van der Waals surface area (Å²) in [6.45, 7) is 1.91. The minimum absolute atomic E-state index is 0.000381. The second-order valence-corrected chi connectivity index (χ2v) is 7.92. The molecule has 0 saturated carbocycles. The number of hydrogen-bond acceptors (Lipinski definition) is 7. The topological polar surface area (TPSA) is 122 Å². The summed E-state index contributed by atoms with van der Waals surface area (Å²) in [6, 6.07) is 13.0. The molecule has 37 heavy (non-hydrogen) atoms. The molecule has 2 amide bonds. The number of nitriles is 1. The summed E-state index contributed by atoms with van der Waals surface area (Å²) < 4.78 is 25.4. The molecule has 0 bridgehead atoms. The maximum absolute atomic E-state index is 14.0. The summed E-state index contributed by atoms with van der Waals surface area (Å²) in [5, 5.41) is 11.6. The predicted octanol–water partition coefficient (Wildman–Crippen LogP) is 4.62. The molecule has 0 saturated heterocycles. The van der Waals surface area contributed by atoms with E-state index in [4.69, 9.17) is 10.00 Å². The maximum atomic E-state index is 14.0. The lowest BCUT2D eigenvalue weighted by Gasteiger charge is -2.23. The van der Waals surface area contributed by atoms with Crippen molar-refractivity contribution in [1.82, 2.24) is 14.5 Å². The van der Waals surface area contributed by atoms with Crippen molar-refractivity contribution in [3.8, 4) is 17.5 Å². The number of aromatic nitrogens is 3.